The van der Waals surface area contributed by atoms with Gasteiger partial charge in [-0.3, -0.25) is 4.79 Å². The number of methoxy groups -OCH3 is 2. The van der Waals surface area contributed by atoms with Crippen molar-refractivity contribution in [3.63, 3.8) is 0 Å². The van der Waals surface area contributed by atoms with Crippen LogP contribution in [0.2, 0.25) is 0 Å². The van der Waals surface area contributed by atoms with Gasteiger partial charge in [0.05, 0.1) is 43.0 Å². The Kier molecular flexibility index (Phi) is 6.00. The highest BCUT2D eigenvalue weighted by Gasteiger charge is 2.31. The van der Waals surface area contributed by atoms with E-state index in [1.807, 2.05) is 0 Å². The number of halogens is 3. The lowest BCUT2D eigenvalue weighted by atomic mass is 10.1. The van der Waals surface area contributed by atoms with Crippen LogP contribution in [0.5, 0.6) is 11.8 Å². The second-order valence-corrected chi connectivity index (χ2v) is 5.89. The predicted molar refractivity (Wildman–Crippen MR) is 102 cm³/mol. The second-order valence-electron chi connectivity index (χ2n) is 5.89. The van der Waals surface area contributed by atoms with Gasteiger partial charge in [-0.15, -0.1) is 10.2 Å². The summed E-state index contributed by atoms with van der Waals surface area (Å²) in [4.78, 5) is 16.5. The molecule has 2 aromatic heterocycles. The Labute approximate surface area is 169 Å². The van der Waals surface area contributed by atoms with Gasteiger partial charge in [0.25, 0.3) is 5.91 Å². The molecule has 0 saturated heterocycles. The molecule has 2 heterocycles. The number of hydrogen-bond acceptors (Lipinski definition) is 7. The van der Waals surface area contributed by atoms with E-state index in [4.69, 9.17) is 9.47 Å². The molecule has 0 aliphatic carbocycles. The Morgan fingerprint density at radius 2 is 1.67 bits per heavy atom. The van der Waals surface area contributed by atoms with E-state index >= 15 is 0 Å². The van der Waals surface area contributed by atoms with Crippen LogP contribution in [0.15, 0.2) is 48.7 Å². The predicted octanol–water partition coefficient (Wildman–Crippen LogP) is 3.90. The van der Waals surface area contributed by atoms with Crippen LogP contribution in [0.3, 0.4) is 0 Å². The van der Waals surface area contributed by atoms with Gasteiger partial charge in [-0.05, 0) is 30.3 Å². The van der Waals surface area contributed by atoms with E-state index in [9.17, 15) is 18.0 Å². The van der Waals surface area contributed by atoms with Crippen LogP contribution in [-0.4, -0.2) is 35.3 Å². The molecule has 0 aliphatic heterocycles. The number of nitrogens with one attached hydrogen (secondary N) is 2. The van der Waals surface area contributed by atoms with Gasteiger partial charge in [0.1, 0.15) is 0 Å². The van der Waals surface area contributed by atoms with Gasteiger partial charge in [-0.25, -0.2) is 4.98 Å². The molecule has 0 radical (unpaired) electrons. The Balaban J connectivity index is 1.90. The minimum atomic E-state index is -4.58. The van der Waals surface area contributed by atoms with Crippen molar-refractivity contribution in [2.75, 3.05) is 24.9 Å². The smallest absolute Gasteiger partial charge is 0.416 e. The standard InChI is InChI=1S/C19H16F3N5O3/c1-29-16-7-4-12(10-23-16)24-13-5-3-11(19(20,21)22)9-15(13)25-18(28)14-6-8-17(30-2)27-26-14/h3-10,24H,1-2H3,(H,25,28). The van der Waals surface area contributed by atoms with Gasteiger partial charge in [0, 0.05) is 12.1 Å². The molecular formula is C19H16F3N5O3. The fourth-order valence-electron chi connectivity index (χ4n) is 2.40. The van der Waals surface area contributed by atoms with Crippen LogP contribution in [0.25, 0.3) is 0 Å². The third-order valence-corrected chi connectivity index (χ3v) is 3.90. The lowest BCUT2D eigenvalue weighted by Crippen LogP contribution is -2.16. The molecular weight excluding hydrogens is 403 g/mol. The molecule has 0 bridgehead atoms. The molecule has 1 aromatic carbocycles. The van der Waals surface area contributed by atoms with Gasteiger partial charge in [0.15, 0.2) is 5.69 Å². The summed E-state index contributed by atoms with van der Waals surface area (Å²) in [7, 11) is 2.85. The van der Waals surface area contributed by atoms with Crippen LogP contribution in [0.4, 0.5) is 30.2 Å². The van der Waals surface area contributed by atoms with Gasteiger partial charge >= 0.3 is 6.18 Å². The lowest BCUT2D eigenvalue weighted by Gasteiger charge is -2.16. The maximum atomic E-state index is 13.2. The molecule has 0 spiro atoms. The van der Waals surface area contributed by atoms with Gasteiger partial charge in [-0.1, -0.05) is 0 Å². The molecule has 1 amide bonds. The molecule has 3 rings (SSSR count). The maximum Gasteiger partial charge on any atom is 0.416 e. The van der Waals surface area contributed by atoms with Crippen molar-refractivity contribution in [1.29, 1.82) is 0 Å². The number of aromatic nitrogens is 3. The quantitative estimate of drug-likeness (QED) is 0.625. The molecule has 0 saturated carbocycles. The van der Waals surface area contributed by atoms with E-state index in [0.29, 0.717) is 11.6 Å². The maximum absolute atomic E-state index is 13.2. The van der Waals surface area contributed by atoms with E-state index in [0.717, 1.165) is 12.1 Å². The van der Waals surface area contributed by atoms with Gasteiger partial charge in [0.2, 0.25) is 11.8 Å². The third-order valence-electron chi connectivity index (χ3n) is 3.90. The monoisotopic (exact) mass is 419 g/mol. The highest BCUT2D eigenvalue weighted by molar-refractivity contribution is 6.04. The first-order chi connectivity index (χ1) is 14.3. The number of carbonyl (C=O) groups is 1. The molecule has 8 nitrogen and oxygen atoms in total. The largest absolute Gasteiger partial charge is 0.481 e. The van der Waals surface area contributed by atoms with E-state index in [-0.39, 0.29) is 22.9 Å². The third kappa shape index (κ3) is 4.93. The summed E-state index contributed by atoms with van der Waals surface area (Å²) < 4.78 is 49.3. The number of pyridine rings is 1. The van der Waals surface area contributed by atoms with Crippen molar-refractivity contribution >= 4 is 23.0 Å². The Morgan fingerprint density at radius 3 is 2.23 bits per heavy atom. The normalized spacial score (nSPS) is 11.0. The lowest BCUT2D eigenvalue weighted by molar-refractivity contribution is -0.137. The highest BCUT2D eigenvalue weighted by atomic mass is 19.4. The second kappa shape index (κ2) is 8.64. The number of hydrogen-bond donors (Lipinski definition) is 2. The van der Waals surface area contributed by atoms with Gasteiger partial charge < -0.3 is 20.1 Å². The summed E-state index contributed by atoms with van der Waals surface area (Å²) in [5, 5.41) is 12.7. The van der Waals surface area contributed by atoms with Crippen LogP contribution in [0.1, 0.15) is 16.1 Å². The number of rotatable bonds is 6. The number of carbonyl (C=O) groups excluding carboxylic acids is 1. The zero-order valence-corrected chi connectivity index (χ0v) is 15.8. The SMILES string of the molecule is COc1ccc(Nc2ccc(C(F)(F)F)cc2NC(=O)c2ccc(OC)nn2)cn1. The Morgan fingerprint density at radius 1 is 0.933 bits per heavy atom. The summed E-state index contributed by atoms with van der Waals surface area (Å²) in [6.45, 7) is 0. The number of benzene rings is 1. The Bertz CT molecular complexity index is 1030. The Hall–Kier alpha value is -3.89. The van der Waals surface area contributed by atoms with E-state index in [1.165, 1.54) is 38.6 Å². The fourth-order valence-corrected chi connectivity index (χ4v) is 2.40. The van der Waals surface area contributed by atoms with E-state index in [2.05, 4.69) is 25.8 Å². The zero-order chi connectivity index (χ0) is 21.7. The van der Waals surface area contributed by atoms with Crippen molar-refractivity contribution in [2.24, 2.45) is 0 Å². The molecule has 3 aromatic rings. The van der Waals surface area contributed by atoms with E-state index < -0.39 is 17.6 Å². The summed E-state index contributed by atoms with van der Waals surface area (Å²) in [6, 6.07) is 8.91. The van der Waals surface area contributed by atoms with E-state index in [1.54, 1.807) is 12.1 Å². The molecule has 30 heavy (non-hydrogen) atoms. The van der Waals surface area contributed by atoms with Crippen LogP contribution in [-0.2, 0) is 6.18 Å². The zero-order valence-electron chi connectivity index (χ0n) is 15.8. The first-order valence-corrected chi connectivity index (χ1v) is 8.47. The van der Waals surface area contributed by atoms with Crippen LogP contribution in [0, 0.1) is 0 Å². The summed E-state index contributed by atoms with van der Waals surface area (Å²) >= 11 is 0. The number of nitrogens with zero attached hydrogens (tertiary/aromatic N) is 3. The summed E-state index contributed by atoms with van der Waals surface area (Å²) in [5.41, 5.74) is -0.398. The number of anilines is 3. The average molecular weight is 419 g/mol. The van der Waals surface area contributed by atoms with Crippen LogP contribution >= 0.6 is 0 Å². The number of amides is 1. The summed E-state index contributed by atoms with van der Waals surface area (Å²) in [6.07, 6.45) is -3.14. The minimum Gasteiger partial charge on any atom is -0.481 e. The molecule has 0 aliphatic rings. The van der Waals surface area contributed by atoms with Crippen molar-refractivity contribution in [1.82, 2.24) is 15.2 Å². The molecule has 0 atom stereocenters. The van der Waals surface area contributed by atoms with Crippen molar-refractivity contribution in [3.05, 3.63) is 59.9 Å². The number of alkyl halides is 3. The molecule has 11 heteroatoms. The number of ether oxygens (including phenoxy) is 2. The molecule has 0 fully saturated rings. The van der Waals surface area contributed by atoms with Crippen molar-refractivity contribution < 1.29 is 27.4 Å². The first-order valence-electron chi connectivity index (χ1n) is 8.47. The van der Waals surface area contributed by atoms with Gasteiger partial charge in [-0.2, -0.15) is 13.2 Å². The summed E-state index contributed by atoms with van der Waals surface area (Å²) in [5.74, 6) is -0.167. The highest BCUT2D eigenvalue weighted by Crippen LogP contribution is 2.35. The van der Waals surface area contributed by atoms with Crippen molar-refractivity contribution in [3.8, 4) is 11.8 Å². The molecule has 2 N–H and O–H groups in total. The fraction of sp³-hybridized carbons (Fsp3) is 0.158. The topological polar surface area (TPSA) is 98.3 Å². The van der Waals surface area contributed by atoms with Crippen molar-refractivity contribution in [2.45, 2.75) is 6.18 Å². The molecule has 156 valence electrons. The molecule has 0 unspecified atom stereocenters. The average Bonchev–Trinajstić information content (AvgIpc) is 2.74. The van der Waals surface area contributed by atoms with Crippen LogP contribution < -0.4 is 20.1 Å². The minimum absolute atomic E-state index is 0.0923. The first kappa shape index (κ1) is 20.8.